The first kappa shape index (κ1) is 15.9. The van der Waals surface area contributed by atoms with Gasteiger partial charge in [-0.1, -0.05) is 34.1 Å². The number of rotatable bonds is 4. The van der Waals surface area contributed by atoms with E-state index < -0.39 is 12.7 Å². The van der Waals surface area contributed by atoms with Crippen molar-refractivity contribution in [2.24, 2.45) is 0 Å². The largest absolute Gasteiger partial charge is 0.435 e. The van der Waals surface area contributed by atoms with E-state index in [1.807, 2.05) is 26.0 Å². The van der Waals surface area contributed by atoms with Gasteiger partial charge in [-0.15, -0.1) is 0 Å². The summed E-state index contributed by atoms with van der Waals surface area (Å²) in [5.41, 5.74) is 3.16. The summed E-state index contributed by atoms with van der Waals surface area (Å²) in [7, 11) is 0. The summed E-state index contributed by atoms with van der Waals surface area (Å²) in [6.07, 6.45) is -0.891. The topological polar surface area (TPSA) is 29.5 Å². The van der Waals surface area contributed by atoms with E-state index >= 15 is 0 Å². The second-order valence-electron chi connectivity index (χ2n) is 4.81. The van der Waals surface area contributed by atoms with Gasteiger partial charge in [-0.2, -0.15) is 8.78 Å². The van der Waals surface area contributed by atoms with Crippen LogP contribution in [0.25, 0.3) is 0 Å². The molecule has 2 rings (SSSR count). The van der Waals surface area contributed by atoms with Gasteiger partial charge in [-0.3, -0.25) is 0 Å². The molecule has 1 unspecified atom stereocenters. The third-order valence-electron chi connectivity index (χ3n) is 3.24. The molecule has 0 aliphatic heterocycles. The molecule has 5 heteroatoms. The third-order valence-corrected chi connectivity index (χ3v) is 4.10. The SMILES string of the molecule is Cc1cc(C(O)c2cccc(OC(F)F)c2)c(C)cc1Br. The second-order valence-corrected chi connectivity index (χ2v) is 5.67. The van der Waals surface area contributed by atoms with Gasteiger partial charge in [0.2, 0.25) is 0 Å². The van der Waals surface area contributed by atoms with Crippen molar-refractivity contribution in [1.29, 1.82) is 0 Å². The highest BCUT2D eigenvalue weighted by molar-refractivity contribution is 9.10. The molecule has 1 N–H and O–H groups in total. The van der Waals surface area contributed by atoms with Crippen LogP contribution in [0.3, 0.4) is 0 Å². The number of benzene rings is 2. The molecule has 2 nitrogen and oxygen atoms in total. The van der Waals surface area contributed by atoms with E-state index in [1.54, 1.807) is 12.1 Å². The van der Waals surface area contributed by atoms with Crippen LogP contribution >= 0.6 is 15.9 Å². The molecular weight excluding hydrogens is 342 g/mol. The van der Waals surface area contributed by atoms with Crippen molar-refractivity contribution >= 4 is 15.9 Å². The normalized spacial score (nSPS) is 12.5. The van der Waals surface area contributed by atoms with Crippen LogP contribution in [0.5, 0.6) is 5.75 Å². The Morgan fingerprint density at radius 3 is 2.48 bits per heavy atom. The van der Waals surface area contributed by atoms with Crippen molar-refractivity contribution < 1.29 is 18.6 Å². The summed E-state index contributed by atoms with van der Waals surface area (Å²) in [4.78, 5) is 0. The van der Waals surface area contributed by atoms with Crippen molar-refractivity contribution in [3.8, 4) is 5.75 Å². The van der Waals surface area contributed by atoms with Crippen LogP contribution in [0.2, 0.25) is 0 Å². The standard InChI is InChI=1S/C16H15BrF2O2/c1-9-7-14(17)10(2)6-13(9)15(20)11-4-3-5-12(8-11)21-16(18)19/h3-8,15-16,20H,1-2H3. The van der Waals surface area contributed by atoms with Crippen molar-refractivity contribution in [2.45, 2.75) is 26.6 Å². The molecule has 0 aliphatic carbocycles. The van der Waals surface area contributed by atoms with E-state index in [1.165, 1.54) is 12.1 Å². The lowest BCUT2D eigenvalue weighted by Crippen LogP contribution is -2.05. The maximum absolute atomic E-state index is 12.2. The number of halogens is 3. The maximum atomic E-state index is 12.2. The fourth-order valence-electron chi connectivity index (χ4n) is 2.14. The minimum atomic E-state index is -2.88. The molecule has 0 amide bonds. The molecule has 0 aromatic heterocycles. The van der Waals surface area contributed by atoms with E-state index in [2.05, 4.69) is 20.7 Å². The highest BCUT2D eigenvalue weighted by Gasteiger charge is 2.15. The highest BCUT2D eigenvalue weighted by atomic mass is 79.9. The zero-order valence-electron chi connectivity index (χ0n) is 11.6. The number of ether oxygens (including phenoxy) is 1. The number of hydrogen-bond acceptors (Lipinski definition) is 2. The van der Waals surface area contributed by atoms with Crippen LogP contribution in [0.4, 0.5) is 8.78 Å². The summed E-state index contributed by atoms with van der Waals surface area (Å²) in [6, 6.07) is 9.92. The van der Waals surface area contributed by atoms with Crippen LogP contribution in [0, 0.1) is 13.8 Å². The quantitative estimate of drug-likeness (QED) is 0.856. The number of alkyl halides is 2. The van der Waals surface area contributed by atoms with Gasteiger partial charge in [-0.05, 0) is 54.3 Å². The summed E-state index contributed by atoms with van der Waals surface area (Å²) >= 11 is 3.44. The lowest BCUT2D eigenvalue weighted by atomic mass is 9.96. The number of aliphatic hydroxyl groups is 1. The van der Waals surface area contributed by atoms with Crippen LogP contribution in [-0.4, -0.2) is 11.7 Å². The Morgan fingerprint density at radius 1 is 1.10 bits per heavy atom. The fraction of sp³-hybridized carbons (Fsp3) is 0.250. The first-order valence-electron chi connectivity index (χ1n) is 6.38. The molecule has 21 heavy (non-hydrogen) atoms. The summed E-state index contributed by atoms with van der Waals surface area (Å²) in [5, 5.41) is 10.5. The van der Waals surface area contributed by atoms with Crippen LogP contribution in [0.15, 0.2) is 40.9 Å². The zero-order valence-corrected chi connectivity index (χ0v) is 13.2. The molecule has 2 aromatic carbocycles. The second kappa shape index (κ2) is 6.54. The zero-order chi connectivity index (χ0) is 15.6. The summed E-state index contributed by atoms with van der Waals surface area (Å²) < 4.78 is 29.8. The molecule has 0 bridgehead atoms. The first-order valence-corrected chi connectivity index (χ1v) is 7.17. The molecule has 0 radical (unpaired) electrons. The Morgan fingerprint density at radius 2 is 1.81 bits per heavy atom. The first-order chi connectivity index (χ1) is 9.88. The minimum Gasteiger partial charge on any atom is -0.435 e. The van der Waals surface area contributed by atoms with E-state index in [0.717, 1.165) is 21.2 Å². The molecule has 0 saturated heterocycles. The molecule has 0 fully saturated rings. The predicted octanol–water partition coefficient (Wildman–Crippen LogP) is 4.75. The predicted molar refractivity (Wildman–Crippen MR) is 80.8 cm³/mol. The van der Waals surface area contributed by atoms with Crippen molar-refractivity contribution in [3.63, 3.8) is 0 Å². The lowest BCUT2D eigenvalue weighted by molar-refractivity contribution is -0.0499. The number of aryl methyl sites for hydroxylation is 2. The molecular formula is C16H15BrF2O2. The highest BCUT2D eigenvalue weighted by Crippen LogP contribution is 2.30. The Labute approximate surface area is 130 Å². The Hall–Kier alpha value is -1.46. The van der Waals surface area contributed by atoms with E-state index in [0.29, 0.717) is 5.56 Å². The molecule has 0 saturated carbocycles. The average Bonchev–Trinajstić information content (AvgIpc) is 2.41. The summed E-state index contributed by atoms with van der Waals surface area (Å²) in [6.45, 7) is 0.937. The van der Waals surface area contributed by atoms with Gasteiger partial charge in [0.05, 0.1) is 0 Å². The Kier molecular flexibility index (Phi) is 4.96. The van der Waals surface area contributed by atoms with Gasteiger partial charge in [0.1, 0.15) is 11.9 Å². The van der Waals surface area contributed by atoms with Crippen molar-refractivity contribution in [2.75, 3.05) is 0 Å². The van der Waals surface area contributed by atoms with Gasteiger partial charge in [0.15, 0.2) is 0 Å². The third kappa shape index (κ3) is 3.80. The number of aliphatic hydroxyl groups excluding tert-OH is 1. The van der Waals surface area contributed by atoms with Gasteiger partial charge in [0.25, 0.3) is 0 Å². The van der Waals surface area contributed by atoms with Crippen LogP contribution in [-0.2, 0) is 0 Å². The van der Waals surface area contributed by atoms with Gasteiger partial charge >= 0.3 is 6.61 Å². The fourth-order valence-corrected chi connectivity index (χ4v) is 2.60. The summed E-state index contributed by atoms with van der Waals surface area (Å²) in [5.74, 6) is 0.0352. The minimum absolute atomic E-state index is 0.0352. The number of hydrogen-bond donors (Lipinski definition) is 1. The molecule has 112 valence electrons. The van der Waals surface area contributed by atoms with E-state index in [-0.39, 0.29) is 5.75 Å². The molecule has 2 aromatic rings. The van der Waals surface area contributed by atoms with Crippen molar-refractivity contribution in [3.05, 3.63) is 63.1 Å². The van der Waals surface area contributed by atoms with Gasteiger partial charge in [-0.25, -0.2) is 0 Å². The van der Waals surface area contributed by atoms with Gasteiger partial charge in [0, 0.05) is 4.47 Å². The average molecular weight is 357 g/mol. The smallest absolute Gasteiger partial charge is 0.387 e. The molecule has 0 aliphatic rings. The Balaban J connectivity index is 2.36. The monoisotopic (exact) mass is 356 g/mol. The molecule has 0 heterocycles. The molecule has 1 atom stereocenters. The Bertz CT molecular complexity index is 644. The van der Waals surface area contributed by atoms with Crippen LogP contribution in [0.1, 0.15) is 28.4 Å². The van der Waals surface area contributed by atoms with Gasteiger partial charge < -0.3 is 9.84 Å². The van der Waals surface area contributed by atoms with E-state index in [9.17, 15) is 13.9 Å². The van der Waals surface area contributed by atoms with E-state index in [4.69, 9.17) is 0 Å². The molecule has 0 spiro atoms. The van der Waals surface area contributed by atoms with Crippen LogP contribution < -0.4 is 4.74 Å². The lowest BCUT2D eigenvalue weighted by Gasteiger charge is -2.17. The van der Waals surface area contributed by atoms with Crippen molar-refractivity contribution in [1.82, 2.24) is 0 Å². The maximum Gasteiger partial charge on any atom is 0.387 e.